The molecule has 1 heterocycles. The minimum atomic E-state index is -0.456. The molecule has 2 atom stereocenters. The van der Waals surface area contributed by atoms with Crippen LogP contribution in [0.1, 0.15) is 55.9 Å². The maximum Gasteiger partial charge on any atom is 0.246 e. The molecule has 5 heteroatoms. The zero-order chi connectivity index (χ0) is 24.2. The summed E-state index contributed by atoms with van der Waals surface area (Å²) in [7, 11) is 2.11. The molecule has 1 N–H and O–H groups in total. The number of nitrogens with zero attached hydrogens (tertiary/aromatic N) is 2. The van der Waals surface area contributed by atoms with Gasteiger partial charge in [0.15, 0.2) is 0 Å². The van der Waals surface area contributed by atoms with Gasteiger partial charge in [-0.15, -0.1) is 0 Å². The maximum absolute atomic E-state index is 13.9. The summed E-state index contributed by atoms with van der Waals surface area (Å²) in [5, 5.41) is 3.16. The van der Waals surface area contributed by atoms with Crippen molar-refractivity contribution in [3.8, 4) is 0 Å². The lowest BCUT2D eigenvalue weighted by Gasteiger charge is -2.43. The molecule has 0 unspecified atom stereocenters. The van der Waals surface area contributed by atoms with E-state index in [1.807, 2.05) is 4.90 Å². The third-order valence-electron chi connectivity index (χ3n) is 7.87. The first kappa shape index (κ1) is 24.5. The van der Waals surface area contributed by atoms with Crippen LogP contribution in [0.3, 0.4) is 0 Å². The Kier molecular flexibility index (Phi) is 7.72. The number of hydrogen-bond acceptors (Lipinski definition) is 3. The van der Waals surface area contributed by atoms with Crippen molar-refractivity contribution in [1.82, 2.24) is 15.1 Å². The Morgan fingerprint density at radius 3 is 2.09 bits per heavy atom. The smallest absolute Gasteiger partial charge is 0.246 e. The van der Waals surface area contributed by atoms with Gasteiger partial charge in [-0.1, -0.05) is 82.1 Å². The van der Waals surface area contributed by atoms with Gasteiger partial charge in [-0.2, -0.15) is 0 Å². The Balaban J connectivity index is 1.57. The molecule has 2 amide bonds. The van der Waals surface area contributed by atoms with Crippen molar-refractivity contribution in [2.24, 2.45) is 11.8 Å². The van der Waals surface area contributed by atoms with Crippen LogP contribution in [0.15, 0.2) is 48.5 Å². The lowest BCUT2D eigenvalue weighted by molar-refractivity contribution is -0.154. The van der Waals surface area contributed by atoms with E-state index in [2.05, 4.69) is 86.6 Å². The summed E-state index contributed by atoms with van der Waals surface area (Å²) in [6.07, 6.45) is 3.44. The Morgan fingerprint density at radius 2 is 1.53 bits per heavy atom. The monoisotopic (exact) mass is 461 g/mol. The van der Waals surface area contributed by atoms with E-state index in [4.69, 9.17) is 0 Å². The standard InChI is InChI=1S/C29H39N3O2/c1-5-22(6-2)27-28(33)30-26(25-16-23-10-8-9-11-24(23)17-25)29(34)32(27)19-21-14-12-20(13-15-21)18-31(4)7-3/h8-15,22,25-27H,5-7,16-19H2,1-4H3,(H,30,33)/t26-,27-/m1/s1. The van der Waals surface area contributed by atoms with Crippen molar-refractivity contribution in [3.63, 3.8) is 0 Å². The highest BCUT2D eigenvalue weighted by molar-refractivity contribution is 5.97. The molecule has 1 aliphatic carbocycles. The van der Waals surface area contributed by atoms with E-state index in [0.717, 1.165) is 44.3 Å². The van der Waals surface area contributed by atoms with E-state index in [0.29, 0.717) is 6.54 Å². The second-order valence-corrected chi connectivity index (χ2v) is 10.1. The van der Waals surface area contributed by atoms with Gasteiger partial charge in [0.2, 0.25) is 11.8 Å². The number of piperazine rings is 1. The predicted molar refractivity (Wildman–Crippen MR) is 136 cm³/mol. The summed E-state index contributed by atoms with van der Waals surface area (Å²) in [6.45, 7) is 8.77. The van der Waals surface area contributed by atoms with Gasteiger partial charge < -0.3 is 15.1 Å². The van der Waals surface area contributed by atoms with Crippen LogP contribution in [0.4, 0.5) is 0 Å². The van der Waals surface area contributed by atoms with Crippen LogP contribution in [-0.2, 0) is 35.5 Å². The molecular weight excluding hydrogens is 422 g/mol. The van der Waals surface area contributed by atoms with Crippen LogP contribution < -0.4 is 5.32 Å². The zero-order valence-corrected chi connectivity index (χ0v) is 21.1. The second-order valence-electron chi connectivity index (χ2n) is 10.1. The SMILES string of the molecule is CCC(CC)[C@@H]1C(=O)N[C@H](C2Cc3ccccc3C2)C(=O)N1Cc1ccc(CN(C)CC)cc1. The minimum Gasteiger partial charge on any atom is -0.342 e. The molecule has 0 saturated carbocycles. The van der Waals surface area contributed by atoms with Crippen LogP contribution in [0.5, 0.6) is 0 Å². The van der Waals surface area contributed by atoms with Crippen LogP contribution in [0.2, 0.25) is 0 Å². The maximum atomic E-state index is 13.9. The van der Waals surface area contributed by atoms with Gasteiger partial charge in [-0.05, 0) is 60.5 Å². The highest BCUT2D eigenvalue weighted by Gasteiger charge is 2.46. The van der Waals surface area contributed by atoms with Crippen molar-refractivity contribution < 1.29 is 9.59 Å². The number of amides is 2. The molecule has 2 aromatic carbocycles. The molecule has 1 fully saturated rings. The van der Waals surface area contributed by atoms with Crippen molar-refractivity contribution >= 4 is 11.8 Å². The molecule has 0 aromatic heterocycles. The Morgan fingerprint density at radius 1 is 0.941 bits per heavy atom. The summed E-state index contributed by atoms with van der Waals surface area (Å²) >= 11 is 0. The molecular formula is C29H39N3O2. The number of nitrogens with one attached hydrogen (secondary N) is 1. The minimum absolute atomic E-state index is 0.00967. The number of hydrogen-bond donors (Lipinski definition) is 1. The first-order valence-electron chi connectivity index (χ1n) is 12.9. The van der Waals surface area contributed by atoms with E-state index < -0.39 is 12.1 Å². The number of carbonyl (C=O) groups is 2. The van der Waals surface area contributed by atoms with Crippen molar-refractivity contribution in [2.75, 3.05) is 13.6 Å². The van der Waals surface area contributed by atoms with E-state index in [9.17, 15) is 9.59 Å². The number of rotatable bonds is 9. The summed E-state index contributed by atoms with van der Waals surface area (Å²) in [5.41, 5.74) is 4.94. The van der Waals surface area contributed by atoms with Gasteiger partial charge in [-0.25, -0.2) is 0 Å². The molecule has 4 rings (SSSR count). The summed E-state index contributed by atoms with van der Waals surface area (Å²) in [4.78, 5) is 31.5. The largest absolute Gasteiger partial charge is 0.342 e. The van der Waals surface area contributed by atoms with Gasteiger partial charge in [-0.3, -0.25) is 9.59 Å². The topological polar surface area (TPSA) is 52.7 Å². The Labute approximate surface area is 204 Å². The molecule has 2 aromatic rings. The lowest BCUT2D eigenvalue weighted by Crippen LogP contribution is -2.66. The fourth-order valence-corrected chi connectivity index (χ4v) is 5.66. The molecule has 0 spiro atoms. The zero-order valence-electron chi connectivity index (χ0n) is 21.1. The van der Waals surface area contributed by atoms with E-state index >= 15 is 0 Å². The third-order valence-corrected chi connectivity index (χ3v) is 7.87. The van der Waals surface area contributed by atoms with E-state index in [1.165, 1.54) is 16.7 Å². The molecule has 1 saturated heterocycles. The van der Waals surface area contributed by atoms with Crippen molar-refractivity contribution in [3.05, 3.63) is 70.8 Å². The van der Waals surface area contributed by atoms with Crippen molar-refractivity contribution in [2.45, 2.75) is 71.6 Å². The molecule has 5 nitrogen and oxygen atoms in total. The van der Waals surface area contributed by atoms with E-state index in [1.54, 1.807) is 0 Å². The number of carbonyl (C=O) groups excluding carboxylic acids is 2. The highest BCUT2D eigenvalue weighted by Crippen LogP contribution is 2.33. The van der Waals surface area contributed by atoms with Gasteiger partial charge in [0.05, 0.1) is 0 Å². The Bertz CT molecular complexity index is 974. The molecule has 0 radical (unpaired) electrons. The summed E-state index contributed by atoms with van der Waals surface area (Å²) in [5.74, 6) is 0.355. The van der Waals surface area contributed by atoms with Crippen LogP contribution in [-0.4, -0.2) is 47.3 Å². The highest BCUT2D eigenvalue weighted by atomic mass is 16.2. The summed E-state index contributed by atoms with van der Waals surface area (Å²) in [6, 6.07) is 16.1. The van der Waals surface area contributed by atoms with Gasteiger partial charge in [0.25, 0.3) is 0 Å². The normalized spacial score (nSPS) is 20.8. The molecule has 34 heavy (non-hydrogen) atoms. The lowest BCUT2D eigenvalue weighted by atomic mass is 9.86. The average Bonchev–Trinajstić information content (AvgIpc) is 3.28. The van der Waals surface area contributed by atoms with Crippen molar-refractivity contribution in [1.29, 1.82) is 0 Å². The fourth-order valence-electron chi connectivity index (χ4n) is 5.66. The summed E-state index contributed by atoms with van der Waals surface area (Å²) < 4.78 is 0. The van der Waals surface area contributed by atoms with Gasteiger partial charge >= 0.3 is 0 Å². The fraction of sp³-hybridized carbons (Fsp3) is 0.517. The quantitative estimate of drug-likeness (QED) is 0.609. The van der Waals surface area contributed by atoms with Gasteiger partial charge in [0.1, 0.15) is 12.1 Å². The Hall–Kier alpha value is -2.66. The average molecular weight is 462 g/mol. The molecule has 182 valence electrons. The van der Waals surface area contributed by atoms with Crippen LogP contribution in [0.25, 0.3) is 0 Å². The van der Waals surface area contributed by atoms with E-state index in [-0.39, 0.29) is 23.7 Å². The van der Waals surface area contributed by atoms with Crippen LogP contribution >= 0.6 is 0 Å². The van der Waals surface area contributed by atoms with Gasteiger partial charge in [0, 0.05) is 13.1 Å². The molecule has 1 aliphatic heterocycles. The number of benzene rings is 2. The first-order valence-corrected chi connectivity index (χ1v) is 12.9. The predicted octanol–water partition coefficient (Wildman–Crippen LogP) is 4.19. The third kappa shape index (κ3) is 5.05. The first-order chi connectivity index (χ1) is 16.4. The molecule has 2 aliphatic rings. The number of fused-ring (bicyclic) bond motifs is 1. The molecule has 0 bridgehead atoms. The van der Waals surface area contributed by atoms with Crippen LogP contribution in [0, 0.1) is 11.8 Å². The second kappa shape index (κ2) is 10.7.